The predicted molar refractivity (Wildman–Crippen MR) is 86.4 cm³/mol. The molecule has 0 spiro atoms. The van der Waals surface area contributed by atoms with E-state index in [9.17, 15) is 4.79 Å². The second kappa shape index (κ2) is 6.98. The summed E-state index contributed by atoms with van der Waals surface area (Å²) < 4.78 is 5.27. The molecule has 2 fully saturated rings. The lowest BCUT2D eigenvalue weighted by molar-refractivity contribution is 0.119. The highest BCUT2D eigenvalue weighted by Crippen LogP contribution is 2.23. The standard InChI is InChI=1S/C16H24N4O2/c1-22-15-5-3-2-4-14(15)18-16(21)20-10-8-19(9-11-20)13-6-7-17-12-13/h2-5,13,17H,6-12H2,1H3,(H,18,21). The van der Waals surface area contributed by atoms with Crippen LogP contribution in [-0.4, -0.2) is 68.3 Å². The lowest BCUT2D eigenvalue weighted by Crippen LogP contribution is -2.53. The summed E-state index contributed by atoms with van der Waals surface area (Å²) in [7, 11) is 1.61. The van der Waals surface area contributed by atoms with E-state index < -0.39 is 0 Å². The van der Waals surface area contributed by atoms with Gasteiger partial charge in [0.25, 0.3) is 0 Å². The van der Waals surface area contributed by atoms with Crippen molar-refractivity contribution in [2.45, 2.75) is 12.5 Å². The van der Waals surface area contributed by atoms with E-state index >= 15 is 0 Å². The Kier molecular flexibility index (Phi) is 4.80. The van der Waals surface area contributed by atoms with E-state index in [0.29, 0.717) is 11.8 Å². The molecule has 6 heteroatoms. The molecule has 120 valence electrons. The van der Waals surface area contributed by atoms with Crippen LogP contribution in [0.1, 0.15) is 6.42 Å². The van der Waals surface area contributed by atoms with Crippen molar-refractivity contribution in [3.8, 4) is 5.75 Å². The molecule has 1 unspecified atom stereocenters. The first-order valence-electron chi connectivity index (χ1n) is 7.91. The number of hydrogen-bond donors (Lipinski definition) is 2. The van der Waals surface area contributed by atoms with Crippen molar-refractivity contribution in [1.29, 1.82) is 0 Å². The average molecular weight is 304 g/mol. The molecule has 0 aromatic heterocycles. The number of hydrogen-bond acceptors (Lipinski definition) is 4. The van der Waals surface area contributed by atoms with Crippen LogP contribution in [0.25, 0.3) is 0 Å². The predicted octanol–water partition coefficient (Wildman–Crippen LogP) is 1.21. The third-order valence-electron chi connectivity index (χ3n) is 4.50. The SMILES string of the molecule is COc1ccccc1NC(=O)N1CCN(C2CCNC2)CC1. The van der Waals surface area contributed by atoms with Gasteiger partial charge in [-0.1, -0.05) is 12.1 Å². The van der Waals surface area contributed by atoms with Crippen molar-refractivity contribution in [1.82, 2.24) is 15.1 Å². The molecule has 6 nitrogen and oxygen atoms in total. The molecule has 1 aromatic rings. The van der Waals surface area contributed by atoms with Crippen LogP contribution < -0.4 is 15.4 Å². The molecule has 2 aliphatic rings. The van der Waals surface area contributed by atoms with E-state index in [1.165, 1.54) is 6.42 Å². The van der Waals surface area contributed by atoms with E-state index in [4.69, 9.17) is 4.74 Å². The number of methoxy groups -OCH3 is 1. The van der Waals surface area contributed by atoms with Gasteiger partial charge in [0.15, 0.2) is 0 Å². The van der Waals surface area contributed by atoms with E-state index in [-0.39, 0.29) is 6.03 Å². The van der Waals surface area contributed by atoms with Crippen LogP contribution in [0.3, 0.4) is 0 Å². The summed E-state index contributed by atoms with van der Waals surface area (Å²) in [5.41, 5.74) is 0.720. The number of anilines is 1. The highest BCUT2D eigenvalue weighted by Gasteiger charge is 2.27. The summed E-state index contributed by atoms with van der Waals surface area (Å²) >= 11 is 0. The summed E-state index contributed by atoms with van der Waals surface area (Å²) in [5, 5.41) is 6.35. The first-order chi connectivity index (χ1) is 10.8. The van der Waals surface area contributed by atoms with Gasteiger partial charge in [0.2, 0.25) is 0 Å². The van der Waals surface area contributed by atoms with Crippen LogP contribution >= 0.6 is 0 Å². The van der Waals surface area contributed by atoms with Crippen LogP contribution in [0, 0.1) is 0 Å². The van der Waals surface area contributed by atoms with Crippen LogP contribution in [0.15, 0.2) is 24.3 Å². The van der Waals surface area contributed by atoms with Gasteiger partial charge in [-0.2, -0.15) is 0 Å². The van der Waals surface area contributed by atoms with Gasteiger partial charge in [0.05, 0.1) is 12.8 Å². The number of rotatable bonds is 3. The molecule has 1 aromatic carbocycles. The van der Waals surface area contributed by atoms with Crippen LogP contribution in [-0.2, 0) is 0 Å². The van der Waals surface area contributed by atoms with Gasteiger partial charge in [-0.3, -0.25) is 4.90 Å². The Morgan fingerprint density at radius 2 is 2.05 bits per heavy atom. The number of carbonyl (C=O) groups is 1. The second-order valence-corrected chi connectivity index (χ2v) is 5.80. The van der Waals surface area contributed by atoms with Gasteiger partial charge in [-0.05, 0) is 25.1 Å². The van der Waals surface area contributed by atoms with Gasteiger partial charge < -0.3 is 20.3 Å². The molecule has 0 radical (unpaired) electrons. The van der Waals surface area contributed by atoms with Crippen molar-refractivity contribution in [2.75, 3.05) is 51.7 Å². The molecule has 2 saturated heterocycles. The maximum atomic E-state index is 12.4. The Hall–Kier alpha value is -1.79. The van der Waals surface area contributed by atoms with Gasteiger partial charge >= 0.3 is 6.03 Å². The number of piperazine rings is 1. The molecule has 2 aliphatic heterocycles. The fraction of sp³-hybridized carbons (Fsp3) is 0.562. The molecule has 0 bridgehead atoms. The average Bonchev–Trinajstić information content (AvgIpc) is 3.10. The Morgan fingerprint density at radius 1 is 1.27 bits per heavy atom. The summed E-state index contributed by atoms with van der Waals surface area (Å²) in [6.45, 7) is 5.64. The minimum Gasteiger partial charge on any atom is -0.495 e. The molecular formula is C16H24N4O2. The summed E-state index contributed by atoms with van der Waals surface area (Å²) in [4.78, 5) is 16.8. The van der Waals surface area contributed by atoms with Crippen LogP contribution in [0.2, 0.25) is 0 Å². The molecule has 2 heterocycles. The Balaban J connectivity index is 1.53. The van der Waals surface area contributed by atoms with E-state index in [0.717, 1.165) is 45.0 Å². The zero-order chi connectivity index (χ0) is 15.4. The lowest BCUT2D eigenvalue weighted by Gasteiger charge is -2.37. The first-order valence-corrected chi connectivity index (χ1v) is 7.91. The molecule has 0 aliphatic carbocycles. The number of para-hydroxylation sites is 2. The molecule has 2 amide bonds. The van der Waals surface area contributed by atoms with Crippen molar-refractivity contribution in [3.63, 3.8) is 0 Å². The van der Waals surface area contributed by atoms with Gasteiger partial charge in [-0.25, -0.2) is 4.79 Å². The Morgan fingerprint density at radius 3 is 2.73 bits per heavy atom. The Bertz CT molecular complexity index is 509. The molecule has 3 rings (SSSR count). The monoisotopic (exact) mass is 304 g/mol. The molecular weight excluding hydrogens is 280 g/mol. The maximum absolute atomic E-state index is 12.4. The highest BCUT2D eigenvalue weighted by atomic mass is 16.5. The number of amides is 2. The van der Waals surface area contributed by atoms with E-state index in [2.05, 4.69) is 15.5 Å². The number of benzene rings is 1. The smallest absolute Gasteiger partial charge is 0.322 e. The maximum Gasteiger partial charge on any atom is 0.322 e. The minimum absolute atomic E-state index is 0.0475. The Labute approximate surface area is 131 Å². The molecule has 1 atom stereocenters. The second-order valence-electron chi connectivity index (χ2n) is 5.80. The fourth-order valence-electron chi connectivity index (χ4n) is 3.18. The number of urea groups is 1. The van der Waals surface area contributed by atoms with E-state index in [1.807, 2.05) is 29.2 Å². The van der Waals surface area contributed by atoms with Crippen molar-refractivity contribution in [3.05, 3.63) is 24.3 Å². The number of nitrogens with one attached hydrogen (secondary N) is 2. The van der Waals surface area contributed by atoms with Crippen LogP contribution in [0.4, 0.5) is 10.5 Å². The summed E-state index contributed by atoms with van der Waals surface area (Å²) in [5.74, 6) is 0.687. The van der Waals surface area contributed by atoms with Crippen molar-refractivity contribution >= 4 is 11.7 Å². The minimum atomic E-state index is -0.0475. The number of carbonyl (C=O) groups excluding carboxylic acids is 1. The normalized spacial score (nSPS) is 22.6. The summed E-state index contributed by atoms with van der Waals surface area (Å²) in [6.07, 6.45) is 1.22. The molecule has 22 heavy (non-hydrogen) atoms. The van der Waals surface area contributed by atoms with Crippen molar-refractivity contribution in [2.24, 2.45) is 0 Å². The molecule has 2 N–H and O–H groups in total. The van der Waals surface area contributed by atoms with E-state index in [1.54, 1.807) is 7.11 Å². The zero-order valence-corrected chi connectivity index (χ0v) is 13.0. The van der Waals surface area contributed by atoms with Crippen molar-refractivity contribution < 1.29 is 9.53 Å². The van der Waals surface area contributed by atoms with Crippen LogP contribution in [0.5, 0.6) is 5.75 Å². The first kappa shape index (κ1) is 15.1. The van der Waals surface area contributed by atoms with Gasteiger partial charge in [0, 0.05) is 38.8 Å². The number of ether oxygens (including phenoxy) is 1. The van der Waals surface area contributed by atoms with Gasteiger partial charge in [0.1, 0.15) is 5.75 Å². The summed E-state index contributed by atoms with van der Waals surface area (Å²) in [6, 6.07) is 8.08. The third kappa shape index (κ3) is 3.34. The lowest BCUT2D eigenvalue weighted by atomic mass is 10.2. The number of nitrogens with zero attached hydrogens (tertiary/aromatic N) is 2. The zero-order valence-electron chi connectivity index (χ0n) is 13.0. The highest BCUT2D eigenvalue weighted by molar-refractivity contribution is 5.91. The fourth-order valence-corrected chi connectivity index (χ4v) is 3.18. The quantitative estimate of drug-likeness (QED) is 0.881. The third-order valence-corrected chi connectivity index (χ3v) is 4.50. The van der Waals surface area contributed by atoms with Gasteiger partial charge in [-0.15, -0.1) is 0 Å². The largest absolute Gasteiger partial charge is 0.495 e. The molecule has 0 saturated carbocycles. The topological polar surface area (TPSA) is 56.8 Å².